The normalized spacial score (nSPS) is 14.6. The van der Waals surface area contributed by atoms with Crippen LogP contribution in [0.15, 0.2) is 72.9 Å². The Morgan fingerprint density at radius 3 is 2.61 bits per heavy atom. The molecule has 0 unspecified atom stereocenters. The molecule has 2 aromatic carbocycles. The summed E-state index contributed by atoms with van der Waals surface area (Å²) in [6.07, 6.45) is 1.65. The van der Waals surface area contributed by atoms with E-state index in [1.165, 1.54) is 12.1 Å². The molecule has 1 aliphatic heterocycles. The summed E-state index contributed by atoms with van der Waals surface area (Å²) in [6.45, 7) is 4.81. The van der Waals surface area contributed by atoms with E-state index in [4.69, 9.17) is 4.74 Å². The standard InChI is InChI=1S/C28H26F2N4O2/c1-28(29,30)21-6-2-5-20(16-21)25-11-8-19-4-3-7-24(26(19)33-25)27(35)32-22-9-10-23(31-17-22)18-34-12-14-36-15-13-34/h2-11,16-17H,12-15,18H2,1H3,(H,32,35). The molecule has 184 valence electrons. The van der Waals surface area contributed by atoms with Gasteiger partial charge in [0.15, 0.2) is 0 Å². The first-order chi connectivity index (χ1) is 17.4. The molecule has 1 saturated heterocycles. The van der Waals surface area contributed by atoms with Gasteiger partial charge in [0.1, 0.15) is 0 Å². The molecule has 1 fully saturated rings. The lowest BCUT2D eigenvalue weighted by atomic mass is 10.0. The number of ether oxygens (including phenoxy) is 1. The first-order valence-electron chi connectivity index (χ1n) is 11.8. The summed E-state index contributed by atoms with van der Waals surface area (Å²) in [4.78, 5) is 24.6. The molecule has 0 saturated carbocycles. The Balaban J connectivity index is 1.37. The fourth-order valence-corrected chi connectivity index (χ4v) is 4.22. The maximum atomic E-state index is 13.8. The Labute approximate surface area is 207 Å². The van der Waals surface area contributed by atoms with Crippen LogP contribution in [0.4, 0.5) is 14.5 Å². The molecule has 0 bridgehead atoms. The highest BCUT2D eigenvalue weighted by Gasteiger charge is 2.24. The van der Waals surface area contributed by atoms with E-state index in [2.05, 4.69) is 20.2 Å². The molecule has 1 amide bonds. The second kappa shape index (κ2) is 10.1. The molecule has 6 nitrogen and oxygen atoms in total. The van der Waals surface area contributed by atoms with Crippen molar-refractivity contribution in [3.63, 3.8) is 0 Å². The number of halogens is 2. The topological polar surface area (TPSA) is 67.4 Å². The summed E-state index contributed by atoms with van der Waals surface area (Å²) < 4.78 is 33.1. The van der Waals surface area contributed by atoms with Crippen LogP contribution >= 0.6 is 0 Å². The number of para-hydroxylation sites is 1. The van der Waals surface area contributed by atoms with Crippen molar-refractivity contribution in [2.24, 2.45) is 0 Å². The minimum Gasteiger partial charge on any atom is -0.379 e. The predicted molar refractivity (Wildman–Crippen MR) is 135 cm³/mol. The highest BCUT2D eigenvalue weighted by molar-refractivity contribution is 6.12. The fourth-order valence-electron chi connectivity index (χ4n) is 4.22. The van der Waals surface area contributed by atoms with Crippen molar-refractivity contribution < 1.29 is 18.3 Å². The molecule has 0 aliphatic carbocycles. The number of morpholine rings is 1. The first kappa shape index (κ1) is 24.0. The predicted octanol–water partition coefficient (Wildman–Crippen LogP) is 5.49. The van der Waals surface area contributed by atoms with Gasteiger partial charge in [0.25, 0.3) is 11.8 Å². The number of carbonyl (C=O) groups is 1. The van der Waals surface area contributed by atoms with Crippen LogP contribution in [-0.4, -0.2) is 47.1 Å². The van der Waals surface area contributed by atoms with E-state index in [9.17, 15) is 13.6 Å². The van der Waals surface area contributed by atoms with Crippen LogP contribution in [0.2, 0.25) is 0 Å². The summed E-state index contributed by atoms with van der Waals surface area (Å²) in [5.74, 6) is -3.27. The van der Waals surface area contributed by atoms with Gasteiger partial charge in [0.05, 0.1) is 47.6 Å². The average molecular weight is 489 g/mol. The summed E-state index contributed by atoms with van der Waals surface area (Å²) in [6, 6.07) is 18.8. The highest BCUT2D eigenvalue weighted by Crippen LogP contribution is 2.31. The van der Waals surface area contributed by atoms with Crippen LogP contribution in [0, 0.1) is 0 Å². The zero-order valence-electron chi connectivity index (χ0n) is 19.9. The Bertz CT molecular complexity index is 1380. The van der Waals surface area contributed by atoms with E-state index in [1.807, 2.05) is 24.3 Å². The zero-order chi connectivity index (χ0) is 25.1. The van der Waals surface area contributed by atoms with Gasteiger partial charge in [-0.05, 0) is 30.3 Å². The van der Waals surface area contributed by atoms with Crippen molar-refractivity contribution in [1.29, 1.82) is 0 Å². The second-order valence-corrected chi connectivity index (χ2v) is 8.92. The number of carbonyl (C=O) groups excluding carboxylic acids is 1. The van der Waals surface area contributed by atoms with E-state index in [0.29, 0.717) is 28.0 Å². The van der Waals surface area contributed by atoms with Gasteiger partial charge in [0.2, 0.25) is 0 Å². The van der Waals surface area contributed by atoms with E-state index < -0.39 is 5.92 Å². The number of benzene rings is 2. The SMILES string of the molecule is CC(F)(F)c1cccc(-c2ccc3cccc(C(=O)Nc4ccc(CN5CCOCC5)nc4)c3n2)c1. The molecule has 0 atom stereocenters. The molecule has 0 spiro atoms. The molecule has 1 aliphatic rings. The van der Waals surface area contributed by atoms with E-state index in [-0.39, 0.29) is 11.5 Å². The van der Waals surface area contributed by atoms with Crippen molar-refractivity contribution in [2.45, 2.75) is 19.4 Å². The Morgan fingerprint density at radius 2 is 1.86 bits per heavy atom. The first-order valence-corrected chi connectivity index (χ1v) is 11.8. The molecule has 3 heterocycles. The molecule has 36 heavy (non-hydrogen) atoms. The largest absolute Gasteiger partial charge is 0.379 e. The molecule has 5 rings (SSSR count). The van der Waals surface area contributed by atoms with Gasteiger partial charge in [-0.15, -0.1) is 0 Å². The smallest absolute Gasteiger partial charge is 0.270 e. The van der Waals surface area contributed by atoms with Gasteiger partial charge in [0, 0.05) is 43.1 Å². The maximum absolute atomic E-state index is 13.8. The second-order valence-electron chi connectivity index (χ2n) is 8.92. The number of rotatable bonds is 6. The van der Waals surface area contributed by atoms with E-state index in [0.717, 1.165) is 50.9 Å². The van der Waals surface area contributed by atoms with Crippen LogP contribution in [0.5, 0.6) is 0 Å². The number of amides is 1. The lowest BCUT2D eigenvalue weighted by Gasteiger charge is -2.26. The van der Waals surface area contributed by atoms with Crippen molar-refractivity contribution in [3.05, 3.63) is 89.7 Å². The number of alkyl halides is 2. The number of nitrogens with one attached hydrogen (secondary N) is 1. The number of nitrogens with zero attached hydrogens (tertiary/aromatic N) is 3. The summed E-state index contributed by atoms with van der Waals surface area (Å²) in [5.41, 5.74) is 3.39. The summed E-state index contributed by atoms with van der Waals surface area (Å²) in [7, 11) is 0. The highest BCUT2D eigenvalue weighted by atomic mass is 19.3. The van der Waals surface area contributed by atoms with E-state index in [1.54, 1.807) is 36.5 Å². The number of hydrogen-bond acceptors (Lipinski definition) is 5. The fraction of sp³-hybridized carbons (Fsp3) is 0.250. The third-order valence-corrected chi connectivity index (χ3v) is 6.20. The van der Waals surface area contributed by atoms with Crippen molar-refractivity contribution >= 4 is 22.5 Å². The minimum absolute atomic E-state index is 0.0857. The minimum atomic E-state index is -2.95. The number of anilines is 1. The Hall–Kier alpha value is -3.75. The quantitative estimate of drug-likeness (QED) is 0.389. The Morgan fingerprint density at radius 1 is 1.06 bits per heavy atom. The molecule has 8 heteroatoms. The lowest BCUT2D eigenvalue weighted by molar-refractivity contribution is 0.0175. The summed E-state index contributed by atoms with van der Waals surface area (Å²) in [5, 5.41) is 3.68. The molecule has 1 N–H and O–H groups in total. The number of aromatic nitrogens is 2. The van der Waals surface area contributed by atoms with Gasteiger partial charge >= 0.3 is 0 Å². The van der Waals surface area contributed by atoms with Gasteiger partial charge in [-0.1, -0.05) is 36.4 Å². The molecule has 4 aromatic rings. The molecular formula is C28H26F2N4O2. The number of pyridine rings is 2. The van der Waals surface area contributed by atoms with E-state index >= 15 is 0 Å². The molecular weight excluding hydrogens is 462 g/mol. The third kappa shape index (κ3) is 5.40. The van der Waals surface area contributed by atoms with Gasteiger partial charge in [-0.25, -0.2) is 13.8 Å². The molecule has 2 aromatic heterocycles. The van der Waals surface area contributed by atoms with Crippen molar-refractivity contribution in [1.82, 2.24) is 14.9 Å². The zero-order valence-corrected chi connectivity index (χ0v) is 19.9. The van der Waals surface area contributed by atoms with Crippen LogP contribution in [-0.2, 0) is 17.2 Å². The maximum Gasteiger partial charge on any atom is 0.270 e. The lowest BCUT2D eigenvalue weighted by Crippen LogP contribution is -2.35. The number of hydrogen-bond donors (Lipinski definition) is 1. The van der Waals surface area contributed by atoms with Gasteiger partial charge in [-0.2, -0.15) is 0 Å². The summed E-state index contributed by atoms with van der Waals surface area (Å²) >= 11 is 0. The Kier molecular flexibility index (Phi) is 6.71. The van der Waals surface area contributed by atoms with Gasteiger partial charge < -0.3 is 10.1 Å². The van der Waals surface area contributed by atoms with Crippen molar-refractivity contribution in [3.8, 4) is 11.3 Å². The molecule has 0 radical (unpaired) electrons. The van der Waals surface area contributed by atoms with Gasteiger partial charge in [-0.3, -0.25) is 14.7 Å². The van der Waals surface area contributed by atoms with Crippen molar-refractivity contribution in [2.75, 3.05) is 31.6 Å². The van der Waals surface area contributed by atoms with Crippen LogP contribution < -0.4 is 5.32 Å². The van der Waals surface area contributed by atoms with Crippen LogP contribution in [0.25, 0.3) is 22.2 Å². The third-order valence-electron chi connectivity index (χ3n) is 6.20. The van der Waals surface area contributed by atoms with Crippen LogP contribution in [0.1, 0.15) is 28.5 Å². The van der Waals surface area contributed by atoms with Crippen LogP contribution in [0.3, 0.4) is 0 Å². The number of fused-ring (bicyclic) bond motifs is 1. The monoisotopic (exact) mass is 488 g/mol. The average Bonchev–Trinajstić information content (AvgIpc) is 2.89.